The summed E-state index contributed by atoms with van der Waals surface area (Å²) in [7, 11) is 1.66. The third-order valence-electron chi connectivity index (χ3n) is 2.68. The van der Waals surface area contributed by atoms with Crippen LogP contribution < -0.4 is 21.3 Å². The Bertz CT molecular complexity index is 369. The van der Waals surface area contributed by atoms with E-state index in [4.69, 9.17) is 22.2 Å². The topological polar surface area (TPSA) is 59.3 Å². The number of hydrazine groups is 1. The monoisotopic (exact) mass is 257 g/mol. The highest BCUT2D eigenvalue weighted by Crippen LogP contribution is 2.33. The molecule has 0 aromatic heterocycles. The molecule has 0 aliphatic heterocycles. The van der Waals surface area contributed by atoms with E-state index in [-0.39, 0.29) is 5.41 Å². The first-order chi connectivity index (χ1) is 8.01. The van der Waals surface area contributed by atoms with Crippen LogP contribution in [-0.4, -0.2) is 20.3 Å². The lowest BCUT2D eigenvalue weighted by Crippen LogP contribution is -2.40. The number of rotatable bonds is 6. The van der Waals surface area contributed by atoms with Gasteiger partial charge in [0, 0.05) is 22.5 Å². The third-order valence-corrected chi connectivity index (χ3v) is 2.92. The molecule has 0 fully saturated rings. The molecule has 0 aliphatic carbocycles. The molecule has 0 atom stereocenters. The van der Waals surface area contributed by atoms with Gasteiger partial charge in [0.2, 0.25) is 0 Å². The lowest BCUT2D eigenvalue weighted by Gasteiger charge is -2.27. The Labute approximate surface area is 107 Å². The number of methoxy groups -OCH3 is 1. The zero-order valence-corrected chi connectivity index (χ0v) is 11.3. The fourth-order valence-corrected chi connectivity index (χ4v) is 1.92. The Balaban J connectivity index is 2.91. The summed E-state index contributed by atoms with van der Waals surface area (Å²) in [5, 5.41) is 3.92. The third kappa shape index (κ3) is 3.85. The minimum absolute atomic E-state index is 0.0902. The standard InChI is InChI=1S/C12H20ClN3O/c1-12(2,7-15-8-16-14)10-6-9(13)4-5-11(10)17-3/h4-6,15-16H,7-8,14H2,1-3H3. The molecular weight excluding hydrogens is 238 g/mol. The summed E-state index contributed by atoms with van der Waals surface area (Å²) in [4.78, 5) is 0. The van der Waals surface area contributed by atoms with Crippen LogP contribution in [0.3, 0.4) is 0 Å². The lowest BCUT2D eigenvalue weighted by atomic mass is 9.84. The highest BCUT2D eigenvalue weighted by molar-refractivity contribution is 6.30. The fraction of sp³-hybridized carbons (Fsp3) is 0.500. The normalized spacial score (nSPS) is 11.6. The molecule has 1 aromatic carbocycles. The largest absolute Gasteiger partial charge is 0.496 e. The molecule has 0 spiro atoms. The van der Waals surface area contributed by atoms with Crippen molar-refractivity contribution in [2.75, 3.05) is 20.3 Å². The second kappa shape index (κ2) is 6.21. The first-order valence-corrected chi connectivity index (χ1v) is 5.87. The van der Waals surface area contributed by atoms with Gasteiger partial charge in [0.1, 0.15) is 5.75 Å². The summed E-state index contributed by atoms with van der Waals surface area (Å²) in [5.74, 6) is 6.07. The van der Waals surface area contributed by atoms with Gasteiger partial charge in [-0.2, -0.15) is 0 Å². The van der Waals surface area contributed by atoms with Crippen molar-refractivity contribution >= 4 is 11.6 Å². The van der Waals surface area contributed by atoms with E-state index in [2.05, 4.69) is 24.6 Å². The summed E-state index contributed by atoms with van der Waals surface area (Å²) >= 11 is 6.03. The van der Waals surface area contributed by atoms with Crippen LogP contribution in [0.4, 0.5) is 0 Å². The summed E-state index contributed by atoms with van der Waals surface area (Å²) in [6.07, 6.45) is 0. The minimum atomic E-state index is -0.0902. The van der Waals surface area contributed by atoms with Crippen molar-refractivity contribution in [3.63, 3.8) is 0 Å². The van der Waals surface area contributed by atoms with Crippen LogP contribution in [-0.2, 0) is 5.41 Å². The van der Waals surface area contributed by atoms with Crippen LogP contribution in [0.25, 0.3) is 0 Å². The molecule has 0 bridgehead atoms. The number of nitrogens with one attached hydrogen (secondary N) is 2. The zero-order chi connectivity index (χ0) is 12.9. The predicted octanol–water partition coefficient (Wildman–Crippen LogP) is 1.64. The number of ether oxygens (including phenoxy) is 1. The Morgan fingerprint density at radius 3 is 2.71 bits per heavy atom. The molecule has 1 aromatic rings. The van der Waals surface area contributed by atoms with Gasteiger partial charge in [-0.3, -0.25) is 5.84 Å². The zero-order valence-electron chi connectivity index (χ0n) is 10.5. The van der Waals surface area contributed by atoms with E-state index in [9.17, 15) is 0 Å². The van der Waals surface area contributed by atoms with Gasteiger partial charge in [-0.25, -0.2) is 5.43 Å². The van der Waals surface area contributed by atoms with E-state index in [1.807, 2.05) is 18.2 Å². The Kier molecular flexibility index (Phi) is 5.21. The maximum Gasteiger partial charge on any atom is 0.122 e. The maximum absolute atomic E-state index is 6.03. The summed E-state index contributed by atoms with van der Waals surface area (Å²) in [6, 6.07) is 5.66. The molecule has 1 rings (SSSR count). The average molecular weight is 258 g/mol. The van der Waals surface area contributed by atoms with Crippen molar-refractivity contribution in [3.05, 3.63) is 28.8 Å². The number of nitrogens with two attached hydrogens (primary N) is 1. The van der Waals surface area contributed by atoms with Gasteiger partial charge in [0.05, 0.1) is 13.8 Å². The second-order valence-corrected chi connectivity index (χ2v) is 4.97. The molecule has 0 radical (unpaired) electrons. The van der Waals surface area contributed by atoms with Gasteiger partial charge >= 0.3 is 0 Å². The van der Waals surface area contributed by atoms with E-state index in [1.54, 1.807) is 7.11 Å². The minimum Gasteiger partial charge on any atom is -0.496 e. The van der Waals surface area contributed by atoms with E-state index in [1.165, 1.54) is 0 Å². The average Bonchev–Trinajstić information content (AvgIpc) is 2.29. The van der Waals surface area contributed by atoms with Crippen LogP contribution >= 0.6 is 11.6 Å². The van der Waals surface area contributed by atoms with Crippen molar-refractivity contribution in [1.29, 1.82) is 0 Å². The molecule has 5 heteroatoms. The molecular formula is C12H20ClN3O. The molecule has 0 aliphatic rings. The lowest BCUT2D eigenvalue weighted by molar-refractivity contribution is 0.384. The number of halogens is 1. The number of benzene rings is 1. The maximum atomic E-state index is 6.03. The Hall–Kier alpha value is -0.810. The highest BCUT2D eigenvalue weighted by Gasteiger charge is 2.24. The van der Waals surface area contributed by atoms with Gasteiger partial charge in [-0.1, -0.05) is 25.4 Å². The molecule has 0 saturated carbocycles. The van der Waals surface area contributed by atoms with E-state index >= 15 is 0 Å². The number of hydrogen-bond acceptors (Lipinski definition) is 4. The fourth-order valence-electron chi connectivity index (χ4n) is 1.75. The van der Waals surface area contributed by atoms with E-state index in [0.29, 0.717) is 11.7 Å². The smallest absolute Gasteiger partial charge is 0.122 e. The van der Waals surface area contributed by atoms with Crippen LogP contribution in [0.15, 0.2) is 18.2 Å². The molecule has 4 nitrogen and oxygen atoms in total. The van der Waals surface area contributed by atoms with Gasteiger partial charge in [-0.15, -0.1) is 0 Å². The van der Waals surface area contributed by atoms with Gasteiger partial charge in [0.15, 0.2) is 0 Å². The quantitative estimate of drug-likeness (QED) is 0.314. The molecule has 0 unspecified atom stereocenters. The first-order valence-electron chi connectivity index (χ1n) is 5.49. The van der Waals surface area contributed by atoms with Crippen LogP contribution in [0.5, 0.6) is 5.75 Å². The molecule has 4 N–H and O–H groups in total. The van der Waals surface area contributed by atoms with Gasteiger partial charge < -0.3 is 10.1 Å². The molecule has 0 heterocycles. The van der Waals surface area contributed by atoms with Crippen LogP contribution in [0, 0.1) is 0 Å². The summed E-state index contributed by atoms with van der Waals surface area (Å²) < 4.78 is 5.37. The predicted molar refractivity (Wildman–Crippen MR) is 71.2 cm³/mol. The van der Waals surface area contributed by atoms with E-state index in [0.717, 1.165) is 17.9 Å². The molecule has 0 saturated heterocycles. The van der Waals surface area contributed by atoms with Gasteiger partial charge in [0.25, 0.3) is 0 Å². The van der Waals surface area contributed by atoms with Crippen LogP contribution in [0.1, 0.15) is 19.4 Å². The van der Waals surface area contributed by atoms with Crippen molar-refractivity contribution in [2.24, 2.45) is 5.84 Å². The summed E-state index contributed by atoms with van der Waals surface area (Å²) in [6.45, 7) is 5.59. The van der Waals surface area contributed by atoms with Gasteiger partial charge in [-0.05, 0) is 18.2 Å². The van der Waals surface area contributed by atoms with Crippen molar-refractivity contribution in [1.82, 2.24) is 10.7 Å². The van der Waals surface area contributed by atoms with Crippen LogP contribution in [0.2, 0.25) is 5.02 Å². The summed E-state index contributed by atoms with van der Waals surface area (Å²) in [5.41, 5.74) is 3.55. The SMILES string of the molecule is COc1ccc(Cl)cc1C(C)(C)CNCNN. The van der Waals surface area contributed by atoms with E-state index < -0.39 is 0 Å². The number of hydrogen-bond donors (Lipinski definition) is 3. The van der Waals surface area contributed by atoms with Crippen molar-refractivity contribution in [2.45, 2.75) is 19.3 Å². The Morgan fingerprint density at radius 1 is 1.41 bits per heavy atom. The van der Waals surface area contributed by atoms with Crippen molar-refractivity contribution in [3.8, 4) is 5.75 Å². The Morgan fingerprint density at radius 2 is 2.12 bits per heavy atom. The molecule has 0 amide bonds. The second-order valence-electron chi connectivity index (χ2n) is 4.54. The van der Waals surface area contributed by atoms with Crippen molar-refractivity contribution < 1.29 is 4.74 Å². The first kappa shape index (κ1) is 14.3. The molecule has 17 heavy (non-hydrogen) atoms. The molecule has 96 valence electrons. The highest BCUT2D eigenvalue weighted by atomic mass is 35.5.